The van der Waals surface area contributed by atoms with Crippen LogP contribution < -0.4 is 5.32 Å². The molecule has 0 atom stereocenters. The van der Waals surface area contributed by atoms with Gasteiger partial charge in [-0.1, -0.05) is 36.6 Å². The summed E-state index contributed by atoms with van der Waals surface area (Å²) in [6.45, 7) is 2.91. The maximum Gasteiger partial charge on any atom is 0.242 e. The molecule has 2 aliphatic heterocycles. The summed E-state index contributed by atoms with van der Waals surface area (Å²) in [6, 6.07) is 8.10. The number of carbonyl (C=O) groups excluding carboxylic acids is 2. The lowest BCUT2D eigenvalue weighted by atomic mass is 9.75. The Hall–Kier alpha value is -1.59. The van der Waals surface area contributed by atoms with E-state index in [1.165, 1.54) is 12.8 Å². The average Bonchev–Trinajstić information content (AvgIpc) is 3.13. The molecule has 0 aromatic heterocycles. The van der Waals surface area contributed by atoms with Gasteiger partial charge in [-0.25, -0.2) is 0 Å². The number of nitrogens with zero attached hydrogens (tertiary/aromatic N) is 2. The highest BCUT2D eigenvalue weighted by Gasteiger charge is 2.47. The van der Waals surface area contributed by atoms with Crippen LogP contribution in [-0.4, -0.2) is 60.4 Å². The van der Waals surface area contributed by atoms with Crippen molar-refractivity contribution in [3.8, 4) is 0 Å². The third-order valence-corrected chi connectivity index (χ3v) is 6.40. The van der Waals surface area contributed by atoms with Crippen LogP contribution in [0, 0.1) is 5.41 Å². The number of rotatable bonds is 4. The predicted octanol–water partition coefficient (Wildman–Crippen LogP) is 2.09. The lowest BCUT2D eigenvalue weighted by molar-refractivity contribution is -0.155. The van der Waals surface area contributed by atoms with E-state index in [-0.39, 0.29) is 18.4 Å². The molecule has 2 heterocycles. The molecule has 4 rings (SSSR count). The third kappa shape index (κ3) is 3.35. The third-order valence-electron chi connectivity index (χ3n) is 6.15. The molecule has 1 aliphatic carbocycles. The topological polar surface area (TPSA) is 52.7 Å². The van der Waals surface area contributed by atoms with Crippen molar-refractivity contribution in [1.29, 1.82) is 0 Å². The van der Waals surface area contributed by atoms with Crippen LogP contribution in [0.1, 0.15) is 31.2 Å². The van der Waals surface area contributed by atoms with Crippen molar-refractivity contribution in [1.82, 2.24) is 15.1 Å². The second kappa shape index (κ2) is 7.20. The number of hydrogen-bond acceptors (Lipinski definition) is 3. The quantitative estimate of drug-likeness (QED) is 0.876. The summed E-state index contributed by atoms with van der Waals surface area (Å²) in [5.74, 6) is 0.232. The van der Waals surface area contributed by atoms with Gasteiger partial charge in [-0.2, -0.15) is 0 Å². The minimum Gasteiger partial charge on any atom is -0.336 e. The molecule has 3 aliphatic rings. The van der Waals surface area contributed by atoms with Crippen LogP contribution in [0.5, 0.6) is 0 Å². The summed E-state index contributed by atoms with van der Waals surface area (Å²) in [6.07, 6.45) is 5.35. The summed E-state index contributed by atoms with van der Waals surface area (Å²) in [4.78, 5) is 29.7. The first-order valence-electron chi connectivity index (χ1n) is 9.61. The van der Waals surface area contributed by atoms with Crippen LogP contribution in [0.2, 0.25) is 5.02 Å². The van der Waals surface area contributed by atoms with Crippen LogP contribution >= 0.6 is 11.6 Å². The molecule has 5 nitrogen and oxygen atoms in total. The summed E-state index contributed by atoms with van der Waals surface area (Å²) in [5.41, 5.74) is 0.684. The first kappa shape index (κ1) is 17.8. The van der Waals surface area contributed by atoms with Crippen molar-refractivity contribution in [3.05, 3.63) is 34.9 Å². The Balaban J connectivity index is 1.42. The zero-order chi connectivity index (χ0) is 18.1. The number of carbonyl (C=O) groups is 2. The predicted molar refractivity (Wildman–Crippen MR) is 101 cm³/mol. The lowest BCUT2D eigenvalue weighted by Gasteiger charge is -2.46. The SMILES string of the molecule is O=C1CN(C(=O)C2(Cc3ccc(Cl)cc3)CNC2)CCN1C1CCCC1. The van der Waals surface area contributed by atoms with Gasteiger partial charge in [0, 0.05) is 37.2 Å². The fourth-order valence-corrected chi connectivity index (χ4v) is 4.69. The molecule has 1 aromatic carbocycles. The van der Waals surface area contributed by atoms with E-state index in [0.717, 1.165) is 18.4 Å². The molecule has 0 radical (unpaired) electrons. The van der Waals surface area contributed by atoms with Crippen LogP contribution in [0.3, 0.4) is 0 Å². The van der Waals surface area contributed by atoms with E-state index < -0.39 is 5.41 Å². The molecular weight excluding hydrogens is 350 g/mol. The van der Waals surface area contributed by atoms with E-state index in [1.807, 2.05) is 29.2 Å². The molecule has 3 fully saturated rings. The van der Waals surface area contributed by atoms with Crippen molar-refractivity contribution in [2.75, 3.05) is 32.7 Å². The van der Waals surface area contributed by atoms with E-state index in [2.05, 4.69) is 5.32 Å². The summed E-state index contributed by atoms with van der Waals surface area (Å²) in [5, 5.41) is 3.95. The van der Waals surface area contributed by atoms with E-state index >= 15 is 0 Å². The smallest absolute Gasteiger partial charge is 0.242 e. The fraction of sp³-hybridized carbons (Fsp3) is 0.600. The largest absolute Gasteiger partial charge is 0.336 e. The van der Waals surface area contributed by atoms with Crippen molar-refractivity contribution < 1.29 is 9.59 Å². The second-order valence-electron chi connectivity index (χ2n) is 7.94. The monoisotopic (exact) mass is 375 g/mol. The maximum atomic E-state index is 13.2. The van der Waals surface area contributed by atoms with Crippen molar-refractivity contribution in [3.63, 3.8) is 0 Å². The zero-order valence-corrected chi connectivity index (χ0v) is 15.8. The molecule has 26 heavy (non-hydrogen) atoms. The Morgan fingerprint density at radius 1 is 1.15 bits per heavy atom. The first-order chi connectivity index (χ1) is 12.6. The van der Waals surface area contributed by atoms with E-state index in [4.69, 9.17) is 11.6 Å². The number of amides is 2. The highest BCUT2D eigenvalue weighted by molar-refractivity contribution is 6.30. The van der Waals surface area contributed by atoms with Crippen molar-refractivity contribution in [2.45, 2.75) is 38.1 Å². The second-order valence-corrected chi connectivity index (χ2v) is 8.38. The molecule has 0 unspecified atom stereocenters. The number of nitrogens with one attached hydrogen (secondary N) is 1. The molecule has 2 saturated heterocycles. The molecule has 1 aromatic rings. The standard InChI is InChI=1S/C20H26ClN3O2/c21-16-7-5-15(6-8-16)11-20(13-22-14-20)19(26)23-9-10-24(18(25)12-23)17-3-1-2-4-17/h5-8,17,22H,1-4,9-14H2. The molecule has 1 N–H and O–H groups in total. The summed E-state index contributed by atoms with van der Waals surface area (Å²) in [7, 11) is 0. The fourth-order valence-electron chi connectivity index (χ4n) is 4.57. The van der Waals surface area contributed by atoms with E-state index in [0.29, 0.717) is 43.7 Å². The summed E-state index contributed by atoms with van der Waals surface area (Å²) >= 11 is 5.97. The maximum absolute atomic E-state index is 13.2. The van der Waals surface area contributed by atoms with Crippen LogP contribution in [0.25, 0.3) is 0 Å². The van der Waals surface area contributed by atoms with Gasteiger partial charge in [-0.15, -0.1) is 0 Å². The van der Waals surface area contributed by atoms with Crippen molar-refractivity contribution in [2.24, 2.45) is 5.41 Å². The Labute approximate surface area is 159 Å². The number of hydrogen-bond donors (Lipinski definition) is 1. The van der Waals surface area contributed by atoms with E-state index in [9.17, 15) is 9.59 Å². The van der Waals surface area contributed by atoms with Gasteiger partial charge in [0.2, 0.25) is 11.8 Å². The van der Waals surface area contributed by atoms with Crippen LogP contribution in [0.4, 0.5) is 0 Å². The van der Waals surface area contributed by atoms with Gasteiger partial charge in [0.25, 0.3) is 0 Å². The number of benzene rings is 1. The van der Waals surface area contributed by atoms with Gasteiger partial charge >= 0.3 is 0 Å². The Morgan fingerprint density at radius 2 is 1.85 bits per heavy atom. The van der Waals surface area contributed by atoms with Crippen LogP contribution in [0.15, 0.2) is 24.3 Å². The molecule has 140 valence electrons. The number of halogens is 1. The molecule has 2 amide bonds. The minimum atomic E-state index is -0.427. The first-order valence-corrected chi connectivity index (χ1v) is 9.99. The van der Waals surface area contributed by atoms with Gasteiger partial charge in [-0.05, 0) is 37.0 Å². The molecule has 6 heteroatoms. The number of piperazine rings is 1. The normalized spacial score (nSPS) is 23.2. The lowest BCUT2D eigenvalue weighted by Crippen LogP contribution is -2.66. The zero-order valence-electron chi connectivity index (χ0n) is 15.0. The highest BCUT2D eigenvalue weighted by Crippen LogP contribution is 2.32. The molecular formula is C20H26ClN3O2. The van der Waals surface area contributed by atoms with E-state index in [1.54, 1.807) is 4.90 Å². The highest BCUT2D eigenvalue weighted by atomic mass is 35.5. The van der Waals surface area contributed by atoms with Crippen LogP contribution in [-0.2, 0) is 16.0 Å². The Kier molecular flexibility index (Phi) is 4.93. The minimum absolute atomic E-state index is 0.116. The Morgan fingerprint density at radius 3 is 2.42 bits per heavy atom. The van der Waals surface area contributed by atoms with Crippen molar-refractivity contribution >= 4 is 23.4 Å². The van der Waals surface area contributed by atoms with Gasteiger partial charge in [0.1, 0.15) is 0 Å². The van der Waals surface area contributed by atoms with Gasteiger partial charge in [0.05, 0.1) is 12.0 Å². The Bertz CT molecular complexity index is 681. The average molecular weight is 376 g/mol. The molecule has 1 saturated carbocycles. The van der Waals surface area contributed by atoms with Gasteiger partial charge < -0.3 is 15.1 Å². The van der Waals surface area contributed by atoms with Gasteiger partial charge in [-0.3, -0.25) is 9.59 Å². The summed E-state index contributed by atoms with van der Waals surface area (Å²) < 4.78 is 0. The molecule has 0 spiro atoms. The van der Waals surface area contributed by atoms with Gasteiger partial charge in [0.15, 0.2) is 0 Å². The molecule has 0 bridgehead atoms.